The lowest BCUT2D eigenvalue weighted by Crippen LogP contribution is -2.49. The van der Waals surface area contributed by atoms with Crippen LogP contribution in [0.2, 0.25) is 0 Å². The normalized spacial score (nSPS) is 24.6. The number of halogens is 1. The van der Waals surface area contributed by atoms with Crippen LogP contribution in [0.15, 0.2) is 24.3 Å². The highest BCUT2D eigenvalue weighted by atomic mass is 127. The zero-order chi connectivity index (χ0) is 11.6. The van der Waals surface area contributed by atoms with E-state index in [1.54, 1.807) is 0 Å². The number of carboxylic acids is 1. The Kier molecular flexibility index (Phi) is 3.49. The summed E-state index contributed by atoms with van der Waals surface area (Å²) in [6.45, 7) is 0.801. The first-order chi connectivity index (χ1) is 7.64. The van der Waals surface area contributed by atoms with Gasteiger partial charge < -0.3 is 10.4 Å². The molecule has 0 spiro atoms. The molecule has 1 heterocycles. The number of rotatable bonds is 3. The van der Waals surface area contributed by atoms with E-state index in [4.69, 9.17) is 0 Å². The highest BCUT2D eigenvalue weighted by Crippen LogP contribution is 2.26. The molecule has 1 fully saturated rings. The van der Waals surface area contributed by atoms with Gasteiger partial charge in [0.2, 0.25) is 0 Å². The van der Waals surface area contributed by atoms with Crippen LogP contribution < -0.4 is 5.32 Å². The van der Waals surface area contributed by atoms with Crippen LogP contribution in [0.3, 0.4) is 0 Å². The minimum Gasteiger partial charge on any atom is -0.480 e. The molecule has 0 aliphatic carbocycles. The molecule has 1 unspecified atom stereocenters. The topological polar surface area (TPSA) is 49.3 Å². The number of carboxylic acid groups (broad SMARTS) is 1. The Morgan fingerprint density at radius 3 is 2.81 bits per heavy atom. The molecule has 0 radical (unpaired) electrons. The molecule has 0 saturated carbocycles. The van der Waals surface area contributed by atoms with Crippen LogP contribution in [-0.4, -0.2) is 23.2 Å². The minimum absolute atomic E-state index is 0.571. The van der Waals surface area contributed by atoms with E-state index in [0.29, 0.717) is 12.8 Å². The molecule has 1 aliphatic rings. The lowest BCUT2D eigenvalue weighted by molar-refractivity contribution is -0.144. The summed E-state index contributed by atoms with van der Waals surface area (Å²) in [5, 5.41) is 12.5. The molecule has 1 saturated heterocycles. The van der Waals surface area contributed by atoms with Gasteiger partial charge in [0.05, 0.1) is 0 Å². The van der Waals surface area contributed by atoms with Crippen LogP contribution in [-0.2, 0) is 11.2 Å². The molecule has 0 bridgehead atoms. The lowest BCUT2D eigenvalue weighted by Gasteiger charge is -2.25. The number of nitrogens with one attached hydrogen (secondary N) is 1. The molecule has 1 aliphatic heterocycles. The Labute approximate surface area is 108 Å². The van der Waals surface area contributed by atoms with E-state index < -0.39 is 11.5 Å². The molecule has 86 valence electrons. The molecule has 3 nitrogen and oxygen atoms in total. The maximum absolute atomic E-state index is 11.4. The summed E-state index contributed by atoms with van der Waals surface area (Å²) in [4.78, 5) is 11.4. The van der Waals surface area contributed by atoms with Crippen molar-refractivity contribution in [2.75, 3.05) is 6.54 Å². The molecule has 2 rings (SSSR count). The highest BCUT2D eigenvalue weighted by Gasteiger charge is 2.41. The number of hydrogen-bond acceptors (Lipinski definition) is 2. The first-order valence-electron chi connectivity index (χ1n) is 5.36. The molecule has 0 amide bonds. The van der Waals surface area contributed by atoms with Crippen molar-refractivity contribution in [1.82, 2.24) is 5.32 Å². The smallest absolute Gasteiger partial charge is 0.324 e. The second-order valence-electron chi connectivity index (χ2n) is 4.19. The molecule has 1 aromatic carbocycles. The van der Waals surface area contributed by atoms with E-state index >= 15 is 0 Å². The number of aliphatic carboxylic acids is 1. The van der Waals surface area contributed by atoms with Crippen molar-refractivity contribution in [2.45, 2.75) is 24.8 Å². The quantitative estimate of drug-likeness (QED) is 0.834. The van der Waals surface area contributed by atoms with Gasteiger partial charge in [0, 0.05) is 9.99 Å². The standard InChI is InChI=1S/C12H14INO2/c13-10-5-2-1-4-9(10)8-12(11(15)16)6-3-7-14-12/h1-2,4-5,14H,3,6-8H2,(H,15,16). The fourth-order valence-corrected chi connectivity index (χ4v) is 2.76. The van der Waals surface area contributed by atoms with E-state index in [0.717, 1.165) is 22.1 Å². The minimum atomic E-state index is -0.749. The van der Waals surface area contributed by atoms with Gasteiger partial charge in [-0.1, -0.05) is 18.2 Å². The maximum atomic E-state index is 11.4. The van der Waals surface area contributed by atoms with Crippen molar-refractivity contribution >= 4 is 28.6 Å². The van der Waals surface area contributed by atoms with Crippen molar-refractivity contribution < 1.29 is 9.90 Å². The second kappa shape index (κ2) is 4.71. The van der Waals surface area contributed by atoms with Crippen LogP contribution in [0, 0.1) is 3.57 Å². The largest absolute Gasteiger partial charge is 0.480 e. The van der Waals surface area contributed by atoms with Crippen LogP contribution in [0.4, 0.5) is 0 Å². The lowest BCUT2D eigenvalue weighted by atomic mass is 9.89. The SMILES string of the molecule is O=C(O)C1(Cc2ccccc2I)CCCN1. The maximum Gasteiger partial charge on any atom is 0.324 e. The van der Waals surface area contributed by atoms with Crippen LogP contribution in [0.25, 0.3) is 0 Å². The molecular formula is C12H14INO2. The Morgan fingerprint density at radius 1 is 1.50 bits per heavy atom. The second-order valence-corrected chi connectivity index (χ2v) is 5.35. The number of carbonyl (C=O) groups is 1. The van der Waals surface area contributed by atoms with E-state index in [9.17, 15) is 9.90 Å². The van der Waals surface area contributed by atoms with E-state index in [-0.39, 0.29) is 0 Å². The number of hydrogen-bond donors (Lipinski definition) is 2. The van der Waals surface area contributed by atoms with Crippen molar-refractivity contribution in [1.29, 1.82) is 0 Å². The molecule has 0 aromatic heterocycles. The Bertz CT molecular complexity index is 400. The third-order valence-corrected chi connectivity index (χ3v) is 4.16. The van der Waals surface area contributed by atoms with Gasteiger partial charge in [-0.2, -0.15) is 0 Å². The average Bonchev–Trinajstić information content (AvgIpc) is 2.71. The average molecular weight is 331 g/mol. The van der Waals surface area contributed by atoms with Crippen molar-refractivity contribution in [3.63, 3.8) is 0 Å². The van der Waals surface area contributed by atoms with Gasteiger partial charge in [-0.3, -0.25) is 4.79 Å². The molecule has 4 heteroatoms. The van der Waals surface area contributed by atoms with E-state index in [2.05, 4.69) is 27.9 Å². The van der Waals surface area contributed by atoms with Gasteiger partial charge in [-0.15, -0.1) is 0 Å². The van der Waals surface area contributed by atoms with Crippen LogP contribution in [0.5, 0.6) is 0 Å². The molecule has 1 atom stereocenters. The Hall–Kier alpha value is -0.620. The predicted molar refractivity (Wildman–Crippen MR) is 70.5 cm³/mol. The first-order valence-corrected chi connectivity index (χ1v) is 6.44. The fraction of sp³-hybridized carbons (Fsp3) is 0.417. The van der Waals surface area contributed by atoms with Gasteiger partial charge >= 0.3 is 5.97 Å². The summed E-state index contributed by atoms with van der Waals surface area (Å²) < 4.78 is 1.13. The van der Waals surface area contributed by atoms with Gasteiger partial charge in [0.1, 0.15) is 5.54 Å². The third-order valence-electron chi connectivity index (χ3n) is 3.10. The van der Waals surface area contributed by atoms with Crippen molar-refractivity contribution in [3.8, 4) is 0 Å². The zero-order valence-corrected chi connectivity index (χ0v) is 11.0. The van der Waals surface area contributed by atoms with Gasteiger partial charge in [0.25, 0.3) is 0 Å². The third kappa shape index (κ3) is 2.22. The Balaban J connectivity index is 2.25. The van der Waals surface area contributed by atoms with Gasteiger partial charge in [-0.05, 0) is 53.6 Å². The van der Waals surface area contributed by atoms with E-state index in [1.165, 1.54) is 0 Å². The Morgan fingerprint density at radius 2 is 2.25 bits per heavy atom. The van der Waals surface area contributed by atoms with Crippen LogP contribution in [0.1, 0.15) is 18.4 Å². The summed E-state index contributed by atoms with van der Waals surface area (Å²) in [6, 6.07) is 7.95. The van der Waals surface area contributed by atoms with Crippen LogP contribution >= 0.6 is 22.6 Å². The van der Waals surface area contributed by atoms with Gasteiger partial charge in [0.15, 0.2) is 0 Å². The zero-order valence-electron chi connectivity index (χ0n) is 8.87. The van der Waals surface area contributed by atoms with E-state index in [1.807, 2.05) is 24.3 Å². The fourth-order valence-electron chi connectivity index (χ4n) is 2.18. The summed E-state index contributed by atoms with van der Waals surface area (Å²) in [5.41, 5.74) is 0.362. The number of benzene rings is 1. The molecule has 16 heavy (non-hydrogen) atoms. The van der Waals surface area contributed by atoms with Crippen molar-refractivity contribution in [3.05, 3.63) is 33.4 Å². The molecular weight excluding hydrogens is 317 g/mol. The first kappa shape index (κ1) is 11.9. The monoisotopic (exact) mass is 331 g/mol. The van der Waals surface area contributed by atoms with Gasteiger partial charge in [-0.25, -0.2) is 0 Å². The summed E-state index contributed by atoms with van der Waals surface area (Å²) in [6.07, 6.45) is 2.23. The summed E-state index contributed by atoms with van der Waals surface area (Å²) in [5.74, 6) is -0.732. The summed E-state index contributed by atoms with van der Waals surface area (Å²) in [7, 11) is 0. The molecule has 2 N–H and O–H groups in total. The van der Waals surface area contributed by atoms with Crippen molar-refractivity contribution in [2.24, 2.45) is 0 Å². The summed E-state index contributed by atoms with van der Waals surface area (Å²) >= 11 is 2.26. The highest BCUT2D eigenvalue weighted by molar-refractivity contribution is 14.1. The predicted octanol–water partition coefficient (Wildman–Crippen LogP) is 2.04. The molecule has 1 aromatic rings.